The zero-order chi connectivity index (χ0) is 17.8. The van der Waals surface area contributed by atoms with E-state index in [4.69, 9.17) is 9.47 Å². The number of hydrogen-bond acceptors (Lipinski definition) is 5. The molecule has 5 atom stereocenters. The molecule has 2 aliphatic heterocycles. The molecule has 0 radical (unpaired) electrons. The summed E-state index contributed by atoms with van der Waals surface area (Å²) >= 11 is 0. The number of cyclic esters (lactones) is 2. The first-order valence-corrected chi connectivity index (χ1v) is 9.29. The topological polar surface area (TPSA) is 72.8 Å². The van der Waals surface area contributed by atoms with Crippen molar-refractivity contribution < 1.29 is 24.2 Å². The zero-order valence-electron chi connectivity index (χ0n) is 14.9. The van der Waals surface area contributed by atoms with Crippen LogP contribution in [-0.4, -0.2) is 36.4 Å². The largest absolute Gasteiger partial charge is 0.461 e. The second-order valence-corrected chi connectivity index (χ2v) is 8.46. The molecule has 0 aromatic heterocycles. The van der Waals surface area contributed by atoms with E-state index in [0.29, 0.717) is 25.6 Å². The second kappa shape index (κ2) is 5.70. The van der Waals surface area contributed by atoms with Gasteiger partial charge >= 0.3 is 11.9 Å². The standard InChI is InChI=1S/C20H26O5/c1-12-15(21)9-20-11-25-18(23)14(20)4-3-5-16(20)19(12,2)7-6-13-8-17(22)24-10-13/h4,8,12,15-16,21H,3,5-7,9-11H2,1-2H3/t12-,15-,16?,19+,20+/m0/s1. The number of carbonyl (C=O) groups excluding carboxylic acids is 2. The molecule has 5 nitrogen and oxygen atoms in total. The Bertz CT molecular complexity index is 678. The molecule has 1 N–H and O–H groups in total. The number of ether oxygens (including phenoxy) is 2. The van der Waals surface area contributed by atoms with Crippen molar-refractivity contribution in [1.29, 1.82) is 0 Å². The summed E-state index contributed by atoms with van der Waals surface area (Å²) in [6.45, 7) is 5.15. The summed E-state index contributed by atoms with van der Waals surface area (Å²) in [4.78, 5) is 23.5. The average Bonchev–Trinajstić information content (AvgIpc) is 3.15. The highest BCUT2D eigenvalue weighted by Gasteiger charge is 2.63. The molecule has 1 saturated carbocycles. The summed E-state index contributed by atoms with van der Waals surface area (Å²) in [6, 6.07) is 0. The smallest absolute Gasteiger partial charge is 0.334 e. The number of aliphatic hydroxyl groups is 1. The normalized spacial score (nSPS) is 42.9. The lowest BCUT2D eigenvalue weighted by atomic mass is 9.46. The van der Waals surface area contributed by atoms with Crippen LogP contribution in [0.15, 0.2) is 23.3 Å². The van der Waals surface area contributed by atoms with E-state index in [1.54, 1.807) is 6.08 Å². The van der Waals surface area contributed by atoms with Gasteiger partial charge in [-0.1, -0.05) is 19.9 Å². The third-order valence-corrected chi connectivity index (χ3v) is 7.38. The highest BCUT2D eigenvalue weighted by atomic mass is 16.5. The van der Waals surface area contributed by atoms with Crippen LogP contribution in [0.3, 0.4) is 0 Å². The van der Waals surface area contributed by atoms with Gasteiger partial charge in [-0.05, 0) is 54.9 Å². The Balaban J connectivity index is 1.66. The van der Waals surface area contributed by atoms with Crippen LogP contribution in [0.5, 0.6) is 0 Å². The number of carbonyl (C=O) groups is 2. The first-order valence-electron chi connectivity index (χ1n) is 9.29. The molecule has 25 heavy (non-hydrogen) atoms. The molecule has 2 fully saturated rings. The molecule has 4 rings (SSSR count). The summed E-state index contributed by atoms with van der Waals surface area (Å²) < 4.78 is 10.5. The fourth-order valence-electron chi connectivity index (χ4n) is 5.77. The first kappa shape index (κ1) is 16.8. The van der Waals surface area contributed by atoms with Gasteiger partial charge in [0, 0.05) is 17.1 Å². The Kier molecular flexibility index (Phi) is 3.83. The van der Waals surface area contributed by atoms with E-state index in [-0.39, 0.29) is 28.7 Å². The molecule has 0 amide bonds. The molecular formula is C20H26O5. The monoisotopic (exact) mass is 346 g/mol. The fourth-order valence-corrected chi connectivity index (χ4v) is 5.77. The van der Waals surface area contributed by atoms with Crippen molar-refractivity contribution in [2.75, 3.05) is 13.2 Å². The lowest BCUT2D eigenvalue weighted by Gasteiger charge is -2.58. The highest BCUT2D eigenvalue weighted by molar-refractivity contribution is 5.92. The SMILES string of the molecule is C[C@H]1[C@@H](O)C[C@@]23COC(=O)C2=CCCC3[C@]1(C)CCC1=CC(=O)OC1. The van der Waals surface area contributed by atoms with E-state index in [1.165, 1.54) is 0 Å². The van der Waals surface area contributed by atoms with Crippen LogP contribution < -0.4 is 0 Å². The summed E-state index contributed by atoms with van der Waals surface area (Å²) in [5.41, 5.74) is 1.36. The molecule has 1 spiro atoms. The Labute approximate surface area is 148 Å². The quantitative estimate of drug-likeness (QED) is 0.795. The maximum absolute atomic E-state index is 12.2. The van der Waals surface area contributed by atoms with E-state index in [1.807, 2.05) is 6.08 Å². The average molecular weight is 346 g/mol. The van der Waals surface area contributed by atoms with E-state index < -0.39 is 6.10 Å². The van der Waals surface area contributed by atoms with E-state index in [0.717, 1.165) is 36.8 Å². The molecule has 4 aliphatic rings. The number of esters is 2. The second-order valence-electron chi connectivity index (χ2n) is 8.46. The van der Waals surface area contributed by atoms with Gasteiger partial charge in [-0.25, -0.2) is 9.59 Å². The lowest BCUT2D eigenvalue weighted by Crippen LogP contribution is -2.56. The van der Waals surface area contributed by atoms with Crippen LogP contribution in [0.2, 0.25) is 0 Å². The molecule has 0 aromatic carbocycles. The number of rotatable bonds is 3. The van der Waals surface area contributed by atoms with Crippen molar-refractivity contribution in [1.82, 2.24) is 0 Å². The van der Waals surface area contributed by atoms with Crippen molar-refractivity contribution in [2.45, 2.75) is 52.1 Å². The van der Waals surface area contributed by atoms with Crippen LogP contribution in [0.25, 0.3) is 0 Å². The fraction of sp³-hybridized carbons (Fsp3) is 0.700. The summed E-state index contributed by atoms with van der Waals surface area (Å²) in [7, 11) is 0. The first-order chi connectivity index (χ1) is 11.9. The van der Waals surface area contributed by atoms with Gasteiger partial charge < -0.3 is 14.6 Å². The van der Waals surface area contributed by atoms with Crippen molar-refractivity contribution in [2.24, 2.45) is 22.7 Å². The van der Waals surface area contributed by atoms with Crippen LogP contribution >= 0.6 is 0 Å². The zero-order valence-corrected chi connectivity index (χ0v) is 14.9. The molecule has 5 heteroatoms. The predicted octanol–water partition coefficient (Wildman–Crippen LogP) is 2.54. The van der Waals surface area contributed by atoms with Crippen LogP contribution in [0.4, 0.5) is 0 Å². The van der Waals surface area contributed by atoms with Crippen LogP contribution in [-0.2, 0) is 19.1 Å². The Morgan fingerprint density at radius 1 is 1.32 bits per heavy atom. The van der Waals surface area contributed by atoms with Gasteiger partial charge in [-0.15, -0.1) is 0 Å². The molecule has 2 heterocycles. The molecule has 136 valence electrons. The Morgan fingerprint density at radius 3 is 2.84 bits per heavy atom. The van der Waals surface area contributed by atoms with E-state index in [9.17, 15) is 14.7 Å². The molecule has 1 unspecified atom stereocenters. The number of allylic oxidation sites excluding steroid dienone is 1. The molecule has 0 bridgehead atoms. The van der Waals surface area contributed by atoms with Gasteiger partial charge in [-0.2, -0.15) is 0 Å². The third-order valence-electron chi connectivity index (χ3n) is 7.38. The van der Waals surface area contributed by atoms with Crippen LogP contribution in [0.1, 0.15) is 46.0 Å². The minimum absolute atomic E-state index is 0.113. The number of hydrogen-bond donors (Lipinski definition) is 1. The predicted molar refractivity (Wildman–Crippen MR) is 90.4 cm³/mol. The van der Waals surface area contributed by atoms with Gasteiger partial charge in [0.25, 0.3) is 0 Å². The number of aliphatic hydroxyl groups excluding tert-OH is 1. The van der Waals surface area contributed by atoms with Gasteiger partial charge in [0.1, 0.15) is 13.2 Å². The van der Waals surface area contributed by atoms with Gasteiger partial charge in [0.2, 0.25) is 0 Å². The lowest BCUT2D eigenvalue weighted by molar-refractivity contribution is -0.138. The van der Waals surface area contributed by atoms with Crippen molar-refractivity contribution >= 4 is 11.9 Å². The summed E-state index contributed by atoms with van der Waals surface area (Å²) in [5, 5.41) is 10.8. The van der Waals surface area contributed by atoms with Gasteiger partial charge in [0.05, 0.1) is 6.10 Å². The van der Waals surface area contributed by atoms with Gasteiger partial charge in [-0.3, -0.25) is 0 Å². The maximum atomic E-state index is 12.2. The summed E-state index contributed by atoms with van der Waals surface area (Å²) in [5.74, 6) is -0.0161. The van der Waals surface area contributed by atoms with E-state index >= 15 is 0 Å². The van der Waals surface area contributed by atoms with Crippen LogP contribution in [0, 0.1) is 22.7 Å². The third kappa shape index (κ3) is 2.39. The van der Waals surface area contributed by atoms with Crippen molar-refractivity contribution in [3.05, 3.63) is 23.3 Å². The van der Waals surface area contributed by atoms with Crippen molar-refractivity contribution in [3.8, 4) is 0 Å². The highest BCUT2D eigenvalue weighted by Crippen LogP contribution is 2.63. The minimum atomic E-state index is -0.451. The van der Waals surface area contributed by atoms with Gasteiger partial charge in [0.15, 0.2) is 0 Å². The van der Waals surface area contributed by atoms with E-state index in [2.05, 4.69) is 13.8 Å². The Morgan fingerprint density at radius 2 is 2.12 bits per heavy atom. The molecule has 0 aromatic rings. The Hall–Kier alpha value is -1.62. The molecular weight excluding hydrogens is 320 g/mol. The molecule has 2 aliphatic carbocycles. The molecule has 1 saturated heterocycles. The maximum Gasteiger partial charge on any atom is 0.334 e. The summed E-state index contributed by atoms with van der Waals surface area (Å²) in [6.07, 6.45) is 7.35. The van der Waals surface area contributed by atoms with Crippen molar-refractivity contribution in [3.63, 3.8) is 0 Å². The minimum Gasteiger partial charge on any atom is -0.461 e.